The molecule has 8 heteroatoms. The monoisotopic (exact) mass is 422 g/mol. The highest BCUT2D eigenvalue weighted by Gasteiger charge is 2.13. The summed E-state index contributed by atoms with van der Waals surface area (Å²) in [6.45, 7) is 1.44. The third kappa shape index (κ3) is 4.38. The highest BCUT2D eigenvalue weighted by Crippen LogP contribution is 2.26. The predicted octanol–water partition coefficient (Wildman–Crippen LogP) is 4.73. The van der Waals surface area contributed by atoms with E-state index in [0.717, 1.165) is 10.7 Å². The van der Waals surface area contributed by atoms with Gasteiger partial charge in [-0.3, -0.25) is 14.0 Å². The number of fused-ring (bicyclic) bond motifs is 1. The molecule has 0 aliphatic rings. The molecular formula is C22H19FN4O2S. The molecule has 0 saturated carbocycles. The minimum atomic E-state index is -0.311. The Kier molecular flexibility index (Phi) is 5.58. The number of nitrogens with one attached hydrogen (secondary N) is 2. The number of anilines is 2. The van der Waals surface area contributed by atoms with E-state index in [2.05, 4.69) is 15.6 Å². The van der Waals surface area contributed by atoms with Gasteiger partial charge in [0.05, 0.1) is 5.69 Å². The first-order chi connectivity index (χ1) is 14.5. The number of hydrogen-bond donors (Lipinski definition) is 2. The van der Waals surface area contributed by atoms with Crippen LogP contribution >= 0.6 is 11.3 Å². The molecule has 2 aromatic heterocycles. The van der Waals surface area contributed by atoms with Gasteiger partial charge >= 0.3 is 0 Å². The number of thiazole rings is 1. The van der Waals surface area contributed by atoms with E-state index in [1.165, 1.54) is 24.3 Å². The molecule has 0 unspecified atom stereocenters. The van der Waals surface area contributed by atoms with Crippen LogP contribution in [0.2, 0.25) is 0 Å². The van der Waals surface area contributed by atoms with Crippen LogP contribution in [0.1, 0.15) is 19.0 Å². The fourth-order valence-corrected chi connectivity index (χ4v) is 4.02. The molecule has 30 heavy (non-hydrogen) atoms. The number of hydrogen-bond acceptors (Lipinski definition) is 4. The molecule has 2 amide bonds. The molecular weight excluding hydrogens is 403 g/mol. The Bertz CT molecular complexity index is 1210. The highest BCUT2D eigenvalue weighted by molar-refractivity contribution is 7.15. The van der Waals surface area contributed by atoms with Crippen molar-refractivity contribution < 1.29 is 14.0 Å². The third-order valence-corrected chi connectivity index (χ3v) is 5.42. The van der Waals surface area contributed by atoms with E-state index in [1.807, 2.05) is 9.78 Å². The highest BCUT2D eigenvalue weighted by atomic mass is 32.1. The van der Waals surface area contributed by atoms with E-state index in [-0.39, 0.29) is 17.6 Å². The summed E-state index contributed by atoms with van der Waals surface area (Å²) in [5.41, 5.74) is 3.31. The van der Waals surface area contributed by atoms with Crippen molar-refractivity contribution in [1.82, 2.24) is 9.38 Å². The molecule has 2 N–H and O–H groups in total. The van der Waals surface area contributed by atoms with Gasteiger partial charge in [-0.1, -0.05) is 12.1 Å². The van der Waals surface area contributed by atoms with Crippen LogP contribution < -0.4 is 10.6 Å². The van der Waals surface area contributed by atoms with Gasteiger partial charge < -0.3 is 10.6 Å². The Balaban J connectivity index is 1.40. The van der Waals surface area contributed by atoms with E-state index in [1.54, 1.807) is 48.7 Å². The number of rotatable bonds is 6. The van der Waals surface area contributed by atoms with E-state index in [0.29, 0.717) is 35.5 Å². The number of carbonyl (C=O) groups excluding carboxylic acids is 2. The van der Waals surface area contributed by atoms with Crippen molar-refractivity contribution in [3.8, 4) is 11.3 Å². The zero-order valence-electron chi connectivity index (χ0n) is 16.2. The Morgan fingerprint density at radius 1 is 1.07 bits per heavy atom. The summed E-state index contributed by atoms with van der Waals surface area (Å²) < 4.78 is 15.9. The first-order valence-corrected chi connectivity index (χ1v) is 10.3. The van der Waals surface area contributed by atoms with Gasteiger partial charge in [0, 0.05) is 47.6 Å². The normalized spacial score (nSPS) is 10.9. The number of nitrogens with zero attached hydrogens (tertiary/aromatic N) is 2. The summed E-state index contributed by atoms with van der Waals surface area (Å²) in [6.07, 6.45) is 2.63. The molecule has 6 nitrogen and oxygen atoms in total. The lowest BCUT2D eigenvalue weighted by Crippen LogP contribution is -2.13. The largest absolute Gasteiger partial charge is 0.326 e. The SMILES string of the molecule is CC(=O)Nc1ccc(NC(=O)CCc2csc3nc(-c4ccccc4F)cn23)cc1. The van der Waals surface area contributed by atoms with E-state index >= 15 is 0 Å². The second-order valence-electron chi connectivity index (χ2n) is 6.79. The quantitative estimate of drug-likeness (QED) is 0.472. The average Bonchev–Trinajstić information content (AvgIpc) is 3.29. The molecule has 2 aromatic carbocycles. The third-order valence-electron chi connectivity index (χ3n) is 4.53. The van der Waals surface area contributed by atoms with Gasteiger partial charge in [0.1, 0.15) is 5.82 Å². The van der Waals surface area contributed by atoms with Crippen molar-refractivity contribution in [2.24, 2.45) is 0 Å². The van der Waals surface area contributed by atoms with Crippen LogP contribution in [0.3, 0.4) is 0 Å². The van der Waals surface area contributed by atoms with E-state index < -0.39 is 0 Å². The van der Waals surface area contributed by atoms with Crippen molar-refractivity contribution in [3.05, 3.63) is 71.6 Å². The Labute approximate surface area is 176 Å². The molecule has 2 heterocycles. The Morgan fingerprint density at radius 3 is 2.47 bits per heavy atom. The maximum atomic E-state index is 14.0. The molecule has 0 spiro atoms. The van der Waals surface area contributed by atoms with Crippen LogP contribution in [-0.4, -0.2) is 21.2 Å². The maximum Gasteiger partial charge on any atom is 0.224 e. The number of aromatic nitrogens is 2. The van der Waals surface area contributed by atoms with Crippen molar-refractivity contribution in [3.63, 3.8) is 0 Å². The summed E-state index contributed by atoms with van der Waals surface area (Å²) in [6, 6.07) is 13.5. The van der Waals surface area contributed by atoms with Crippen LogP contribution in [0.4, 0.5) is 15.8 Å². The molecule has 0 fully saturated rings. The smallest absolute Gasteiger partial charge is 0.224 e. The van der Waals surface area contributed by atoms with Gasteiger partial charge in [-0.25, -0.2) is 9.37 Å². The fraction of sp³-hybridized carbons (Fsp3) is 0.136. The second kappa shape index (κ2) is 8.46. The molecule has 4 rings (SSSR count). The topological polar surface area (TPSA) is 75.5 Å². The lowest BCUT2D eigenvalue weighted by atomic mass is 10.1. The van der Waals surface area contributed by atoms with Crippen LogP contribution in [0.25, 0.3) is 16.2 Å². The van der Waals surface area contributed by atoms with Gasteiger partial charge in [-0.2, -0.15) is 0 Å². The van der Waals surface area contributed by atoms with Crippen molar-refractivity contribution >= 4 is 39.5 Å². The number of carbonyl (C=O) groups is 2. The number of halogens is 1. The molecule has 0 atom stereocenters. The van der Waals surface area contributed by atoms with Crippen molar-refractivity contribution in [2.75, 3.05) is 10.6 Å². The fourth-order valence-electron chi connectivity index (χ4n) is 3.11. The van der Waals surface area contributed by atoms with Gasteiger partial charge in [0.15, 0.2) is 4.96 Å². The summed E-state index contributed by atoms with van der Waals surface area (Å²) in [5.74, 6) is -0.573. The van der Waals surface area contributed by atoms with Gasteiger partial charge in [0.2, 0.25) is 11.8 Å². The molecule has 0 aliphatic carbocycles. The minimum absolute atomic E-state index is 0.115. The number of aryl methyl sites for hydroxylation is 1. The molecule has 0 bridgehead atoms. The summed E-state index contributed by atoms with van der Waals surface area (Å²) in [7, 11) is 0. The molecule has 0 radical (unpaired) electrons. The molecule has 0 saturated heterocycles. The number of imidazole rings is 1. The first-order valence-electron chi connectivity index (χ1n) is 9.37. The summed E-state index contributed by atoms with van der Waals surface area (Å²) in [5, 5.41) is 7.49. The van der Waals surface area contributed by atoms with Gasteiger partial charge in [-0.15, -0.1) is 11.3 Å². The average molecular weight is 422 g/mol. The van der Waals surface area contributed by atoms with Crippen LogP contribution in [0.5, 0.6) is 0 Å². The van der Waals surface area contributed by atoms with Gasteiger partial charge in [0.25, 0.3) is 0 Å². The van der Waals surface area contributed by atoms with Crippen LogP contribution in [-0.2, 0) is 16.0 Å². The molecule has 0 aliphatic heterocycles. The minimum Gasteiger partial charge on any atom is -0.326 e. The van der Waals surface area contributed by atoms with Crippen LogP contribution in [0, 0.1) is 5.82 Å². The number of benzene rings is 2. The second-order valence-corrected chi connectivity index (χ2v) is 7.63. The predicted molar refractivity (Wildman–Crippen MR) is 116 cm³/mol. The Morgan fingerprint density at radius 2 is 1.77 bits per heavy atom. The summed E-state index contributed by atoms with van der Waals surface area (Å²) in [4.78, 5) is 28.6. The lowest BCUT2D eigenvalue weighted by molar-refractivity contribution is -0.116. The van der Waals surface area contributed by atoms with E-state index in [9.17, 15) is 14.0 Å². The Hall–Kier alpha value is -3.52. The number of amides is 2. The molecule has 152 valence electrons. The lowest BCUT2D eigenvalue weighted by Gasteiger charge is -2.07. The summed E-state index contributed by atoms with van der Waals surface area (Å²) >= 11 is 1.46. The van der Waals surface area contributed by atoms with Crippen molar-refractivity contribution in [1.29, 1.82) is 0 Å². The van der Waals surface area contributed by atoms with Crippen molar-refractivity contribution in [2.45, 2.75) is 19.8 Å². The van der Waals surface area contributed by atoms with Crippen LogP contribution in [0.15, 0.2) is 60.1 Å². The maximum absolute atomic E-state index is 14.0. The zero-order chi connectivity index (χ0) is 21.1. The van der Waals surface area contributed by atoms with E-state index in [4.69, 9.17) is 0 Å². The molecule has 4 aromatic rings. The zero-order valence-corrected chi connectivity index (χ0v) is 17.0. The first kappa shape index (κ1) is 19.8. The van der Waals surface area contributed by atoms with Gasteiger partial charge in [-0.05, 0) is 42.8 Å². The standard InChI is InChI=1S/C22H19FN4O2S/c1-14(28)24-15-6-8-16(9-7-15)25-21(29)11-10-17-13-30-22-26-20(12-27(17)22)18-4-2-3-5-19(18)23/h2-9,12-13H,10-11H2,1H3,(H,24,28)(H,25,29).